The van der Waals surface area contributed by atoms with Crippen molar-refractivity contribution in [2.75, 3.05) is 0 Å². The zero-order valence-corrected chi connectivity index (χ0v) is 9.66. The third kappa shape index (κ3) is 2.28. The van der Waals surface area contributed by atoms with Crippen LogP contribution in [0, 0.1) is 0 Å². The molecular weight excluding hydrogens is 224 g/mol. The van der Waals surface area contributed by atoms with Crippen molar-refractivity contribution < 1.29 is 14.6 Å². The standard InChI is InChI=1S/C12H12O3S/c1-8-10(12(14)15-11(8)13)16-7-9-5-3-2-4-6-9/h2-6,12,14H,7H2,1H3. The normalized spacial score (nSPS) is 20.1. The van der Waals surface area contributed by atoms with Crippen molar-refractivity contribution in [3.63, 3.8) is 0 Å². The number of aliphatic hydroxyl groups excluding tert-OH is 1. The lowest BCUT2D eigenvalue weighted by molar-refractivity contribution is -0.151. The number of carbonyl (C=O) groups excluding carboxylic acids is 1. The summed E-state index contributed by atoms with van der Waals surface area (Å²) in [5, 5.41) is 9.49. The van der Waals surface area contributed by atoms with Crippen LogP contribution >= 0.6 is 11.8 Å². The number of aliphatic hydroxyl groups is 1. The summed E-state index contributed by atoms with van der Waals surface area (Å²) >= 11 is 1.44. The van der Waals surface area contributed by atoms with Gasteiger partial charge in [-0.25, -0.2) is 4.79 Å². The number of hydrogen-bond acceptors (Lipinski definition) is 4. The number of esters is 1. The van der Waals surface area contributed by atoms with E-state index < -0.39 is 12.3 Å². The molecule has 1 aromatic rings. The molecule has 1 unspecified atom stereocenters. The van der Waals surface area contributed by atoms with Crippen LogP contribution in [0.25, 0.3) is 0 Å². The van der Waals surface area contributed by atoms with Gasteiger partial charge in [-0.3, -0.25) is 0 Å². The molecular formula is C12H12O3S. The van der Waals surface area contributed by atoms with Crippen molar-refractivity contribution in [2.24, 2.45) is 0 Å². The van der Waals surface area contributed by atoms with Crippen LogP contribution in [0.15, 0.2) is 40.8 Å². The van der Waals surface area contributed by atoms with Crippen LogP contribution < -0.4 is 0 Å². The molecule has 1 aromatic carbocycles. The Kier molecular flexibility index (Phi) is 3.31. The van der Waals surface area contributed by atoms with E-state index in [1.807, 2.05) is 30.3 Å². The smallest absolute Gasteiger partial charge is 0.337 e. The molecule has 1 heterocycles. The Labute approximate surface area is 98.1 Å². The van der Waals surface area contributed by atoms with E-state index in [9.17, 15) is 9.90 Å². The lowest BCUT2D eigenvalue weighted by Crippen LogP contribution is -2.08. The number of cyclic esters (lactones) is 1. The molecule has 0 aliphatic carbocycles. The molecule has 0 fully saturated rings. The highest BCUT2D eigenvalue weighted by Crippen LogP contribution is 2.32. The van der Waals surface area contributed by atoms with Crippen molar-refractivity contribution in [2.45, 2.75) is 19.0 Å². The first-order chi connectivity index (χ1) is 7.68. The Bertz CT molecular complexity index is 425. The average molecular weight is 236 g/mol. The van der Waals surface area contributed by atoms with Crippen LogP contribution in [0.3, 0.4) is 0 Å². The zero-order chi connectivity index (χ0) is 11.5. The predicted octanol–water partition coefficient (Wildman–Crippen LogP) is 2.07. The fraction of sp³-hybridized carbons (Fsp3) is 0.250. The van der Waals surface area contributed by atoms with E-state index in [1.54, 1.807) is 6.92 Å². The third-order valence-electron chi connectivity index (χ3n) is 2.36. The van der Waals surface area contributed by atoms with Crippen molar-refractivity contribution in [1.82, 2.24) is 0 Å². The fourth-order valence-electron chi connectivity index (χ4n) is 1.44. The van der Waals surface area contributed by atoms with Crippen molar-refractivity contribution in [3.8, 4) is 0 Å². The van der Waals surface area contributed by atoms with Gasteiger partial charge in [-0.15, -0.1) is 11.8 Å². The second-order valence-corrected chi connectivity index (χ2v) is 4.54. The van der Waals surface area contributed by atoms with Gasteiger partial charge in [0.05, 0.1) is 4.91 Å². The van der Waals surface area contributed by atoms with Gasteiger partial charge in [0.1, 0.15) is 0 Å². The predicted molar refractivity (Wildman–Crippen MR) is 62.5 cm³/mol. The highest BCUT2D eigenvalue weighted by Gasteiger charge is 2.29. The van der Waals surface area contributed by atoms with Crippen LogP contribution in [0.5, 0.6) is 0 Å². The Morgan fingerprint density at radius 2 is 2.06 bits per heavy atom. The minimum absolute atomic E-state index is 0.428. The summed E-state index contributed by atoms with van der Waals surface area (Å²) in [5.41, 5.74) is 1.66. The van der Waals surface area contributed by atoms with Crippen LogP contribution in [-0.2, 0) is 15.3 Å². The summed E-state index contributed by atoms with van der Waals surface area (Å²) in [6.45, 7) is 1.67. The summed E-state index contributed by atoms with van der Waals surface area (Å²) in [4.78, 5) is 11.8. The molecule has 0 bridgehead atoms. The first-order valence-electron chi connectivity index (χ1n) is 4.95. The van der Waals surface area contributed by atoms with Gasteiger partial charge in [0.15, 0.2) is 0 Å². The maximum Gasteiger partial charge on any atom is 0.337 e. The Morgan fingerprint density at radius 3 is 2.62 bits per heavy atom. The Balaban J connectivity index is 2.04. The van der Waals surface area contributed by atoms with Gasteiger partial charge >= 0.3 is 5.97 Å². The number of rotatable bonds is 3. The van der Waals surface area contributed by atoms with E-state index in [1.165, 1.54) is 11.8 Å². The monoisotopic (exact) mass is 236 g/mol. The van der Waals surface area contributed by atoms with E-state index in [2.05, 4.69) is 0 Å². The fourth-order valence-corrected chi connectivity index (χ4v) is 2.45. The second kappa shape index (κ2) is 4.72. The summed E-state index contributed by atoms with van der Waals surface area (Å²) in [6.07, 6.45) is -1.08. The van der Waals surface area contributed by atoms with Crippen molar-refractivity contribution in [3.05, 3.63) is 46.4 Å². The minimum atomic E-state index is -1.08. The van der Waals surface area contributed by atoms with Crippen molar-refractivity contribution in [1.29, 1.82) is 0 Å². The van der Waals surface area contributed by atoms with Crippen LogP contribution in [0.2, 0.25) is 0 Å². The number of ether oxygens (including phenoxy) is 1. The number of carbonyl (C=O) groups is 1. The zero-order valence-electron chi connectivity index (χ0n) is 8.84. The molecule has 1 aliphatic rings. The molecule has 0 aromatic heterocycles. The quantitative estimate of drug-likeness (QED) is 0.816. The van der Waals surface area contributed by atoms with E-state index in [0.717, 1.165) is 11.3 Å². The van der Waals surface area contributed by atoms with Crippen LogP contribution in [0.4, 0.5) is 0 Å². The van der Waals surface area contributed by atoms with Gasteiger partial charge in [0.2, 0.25) is 6.29 Å². The molecule has 0 amide bonds. The maximum absolute atomic E-state index is 11.2. The third-order valence-corrected chi connectivity index (χ3v) is 3.65. The van der Waals surface area contributed by atoms with Gasteiger partial charge in [-0.05, 0) is 12.5 Å². The van der Waals surface area contributed by atoms with E-state index in [4.69, 9.17) is 4.74 Å². The van der Waals surface area contributed by atoms with E-state index in [0.29, 0.717) is 10.5 Å². The first-order valence-corrected chi connectivity index (χ1v) is 5.93. The molecule has 0 saturated heterocycles. The molecule has 2 rings (SSSR count). The largest absolute Gasteiger partial charge is 0.427 e. The summed E-state index contributed by atoms with van der Waals surface area (Å²) in [7, 11) is 0. The lowest BCUT2D eigenvalue weighted by atomic mass is 10.2. The van der Waals surface area contributed by atoms with Gasteiger partial charge in [-0.2, -0.15) is 0 Å². The number of hydrogen-bond donors (Lipinski definition) is 1. The highest BCUT2D eigenvalue weighted by atomic mass is 32.2. The first kappa shape index (κ1) is 11.2. The number of thioether (sulfide) groups is 1. The molecule has 1 aliphatic heterocycles. The van der Waals surface area contributed by atoms with Crippen LogP contribution in [-0.4, -0.2) is 17.4 Å². The van der Waals surface area contributed by atoms with Crippen molar-refractivity contribution >= 4 is 17.7 Å². The Hall–Kier alpha value is -1.26. The summed E-state index contributed by atoms with van der Waals surface area (Å²) in [5.74, 6) is 0.296. The molecule has 4 heteroatoms. The molecule has 0 spiro atoms. The lowest BCUT2D eigenvalue weighted by Gasteiger charge is -2.06. The van der Waals surface area contributed by atoms with Gasteiger partial charge in [-0.1, -0.05) is 30.3 Å². The average Bonchev–Trinajstić information content (AvgIpc) is 2.53. The number of benzene rings is 1. The molecule has 3 nitrogen and oxygen atoms in total. The van der Waals surface area contributed by atoms with Crippen LogP contribution in [0.1, 0.15) is 12.5 Å². The second-order valence-electron chi connectivity index (χ2n) is 3.52. The molecule has 1 N–H and O–H groups in total. The highest BCUT2D eigenvalue weighted by molar-refractivity contribution is 8.02. The van der Waals surface area contributed by atoms with Gasteiger partial charge in [0, 0.05) is 11.3 Å². The summed E-state index contributed by atoms with van der Waals surface area (Å²) in [6, 6.07) is 9.89. The molecule has 16 heavy (non-hydrogen) atoms. The van der Waals surface area contributed by atoms with Gasteiger partial charge in [0.25, 0.3) is 0 Å². The topological polar surface area (TPSA) is 46.5 Å². The SMILES string of the molecule is CC1=C(SCc2ccccc2)C(O)OC1=O. The Morgan fingerprint density at radius 1 is 1.38 bits per heavy atom. The molecule has 84 valence electrons. The summed E-state index contributed by atoms with van der Waals surface area (Å²) < 4.78 is 4.70. The minimum Gasteiger partial charge on any atom is -0.427 e. The molecule has 0 saturated carbocycles. The van der Waals surface area contributed by atoms with E-state index >= 15 is 0 Å². The van der Waals surface area contributed by atoms with E-state index in [-0.39, 0.29) is 0 Å². The molecule has 1 atom stereocenters. The molecule has 0 radical (unpaired) electrons. The maximum atomic E-state index is 11.2. The van der Waals surface area contributed by atoms with Gasteiger partial charge < -0.3 is 9.84 Å².